The Balaban J connectivity index is 1.29. The minimum Gasteiger partial charge on any atom is -0.493 e. The quantitative estimate of drug-likeness (QED) is 0.582. The monoisotopic (exact) mass is 480 g/mol. The highest BCUT2D eigenvalue weighted by molar-refractivity contribution is 5.70. The van der Waals surface area contributed by atoms with Gasteiger partial charge in [0.15, 0.2) is 0 Å². The van der Waals surface area contributed by atoms with E-state index in [-0.39, 0.29) is 23.7 Å². The fraction of sp³-hybridized carbons (Fsp3) is 0.536. The third-order valence-corrected chi connectivity index (χ3v) is 7.57. The molecule has 35 heavy (non-hydrogen) atoms. The van der Waals surface area contributed by atoms with Gasteiger partial charge in [0.2, 0.25) is 0 Å². The molecule has 0 spiro atoms. The Labute approximate surface area is 207 Å². The van der Waals surface area contributed by atoms with E-state index in [0.29, 0.717) is 25.7 Å². The fourth-order valence-corrected chi connectivity index (χ4v) is 5.44. The van der Waals surface area contributed by atoms with Crippen LogP contribution < -0.4 is 14.8 Å². The number of piperidine rings is 3. The lowest BCUT2D eigenvalue weighted by atomic mass is 9.78. The number of methoxy groups -OCH3 is 1. The summed E-state index contributed by atoms with van der Waals surface area (Å²) in [5.41, 5.74) is 2.85. The molecule has 0 aliphatic carbocycles. The zero-order valence-corrected chi connectivity index (χ0v) is 20.9. The van der Waals surface area contributed by atoms with Crippen LogP contribution in [0, 0.1) is 11.3 Å². The van der Waals surface area contributed by atoms with Crippen LogP contribution in [0.2, 0.25) is 0 Å². The van der Waals surface area contributed by atoms with E-state index < -0.39 is 0 Å². The van der Waals surface area contributed by atoms with Gasteiger partial charge in [-0.05, 0) is 61.2 Å². The Morgan fingerprint density at radius 1 is 1.09 bits per heavy atom. The smallest absolute Gasteiger partial charge is 0.407 e. The van der Waals surface area contributed by atoms with Gasteiger partial charge in [0, 0.05) is 24.6 Å². The van der Waals surface area contributed by atoms with Crippen LogP contribution in [0.15, 0.2) is 42.5 Å². The van der Waals surface area contributed by atoms with Crippen LogP contribution in [0.3, 0.4) is 0 Å². The summed E-state index contributed by atoms with van der Waals surface area (Å²) in [4.78, 5) is 15.3. The maximum Gasteiger partial charge on any atom is 0.407 e. The summed E-state index contributed by atoms with van der Waals surface area (Å²) in [7, 11) is 1.66. The molecule has 2 atom stereocenters. The second-order valence-corrected chi connectivity index (χ2v) is 10.6. The second-order valence-electron chi connectivity index (χ2n) is 10.6. The molecule has 6 rings (SSSR count). The van der Waals surface area contributed by atoms with Gasteiger partial charge in [0.1, 0.15) is 24.2 Å². The van der Waals surface area contributed by atoms with Crippen LogP contribution in [0.4, 0.5) is 4.79 Å². The van der Waals surface area contributed by atoms with Gasteiger partial charge in [-0.25, -0.2) is 4.79 Å². The summed E-state index contributed by atoms with van der Waals surface area (Å²) in [5.74, 6) is 2.10. The van der Waals surface area contributed by atoms with Crippen LogP contribution >= 0.6 is 0 Å². The van der Waals surface area contributed by atoms with E-state index in [1.807, 2.05) is 24.3 Å². The maximum atomic E-state index is 13.0. The first-order chi connectivity index (χ1) is 16.9. The van der Waals surface area contributed by atoms with E-state index in [2.05, 4.69) is 42.3 Å². The summed E-state index contributed by atoms with van der Waals surface area (Å²) >= 11 is 0. The molecule has 0 radical (unpaired) electrons. The number of carbonyl (C=O) groups is 1. The fourth-order valence-electron chi connectivity index (χ4n) is 5.44. The largest absolute Gasteiger partial charge is 0.493 e. The summed E-state index contributed by atoms with van der Waals surface area (Å²) in [5, 5.41) is 3.18. The molecule has 4 aliphatic rings. The normalized spacial score (nSPS) is 26.4. The van der Waals surface area contributed by atoms with Gasteiger partial charge in [-0.3, -0.25) is 4.90 Å². The lowest BCUT2D eigenvalue weighted by molar-refractivity contribution is -0.0361. The summed E-state index contributed by atoms with van der Waals surface area (Å²) in [6.45, 7) is 8.93. The first kappa shape index (κ1) is 23.9. The van der Waals surface area contributed by atoms with Crippen molar-refractivity contribution in [3.8, 4) is 22.6 Å². The van der Waals surface area contributed by atoms with E-state index >= 15 is 0 Å². The SMILES string of the molecule is COCCOc1ccc(-c2ccc3c(c2)OCC(C)(C)C3NC(=O)O[C@@H]2CN3CCC2CC3)cc1. The van der Waals surface area contributed by atoms with Crippen LogP contribution in [-0.2, 0) is 9.47 Å². The third kappa shape index (κ3) is 5.26. The zero-order chi connectivity index (χ0) is 24.4. The molecule has 7 heteroatoms. The van der Waals surface area contributed by atoms with Crippen LogP contribution in [0.25, 0.3) is 11.1 Å². The number of amides is 1. The number of carbonyl (C=O) groups excluding carboxylic acids is 1. The molecule has 1 N–H and O–H groups in total. The molecule has 1 amide bonds. The number of hydrogen-bond donors (Lipinski definition) is 1. The zero-order valence-electron chi connectivity index (χ0n) is 20.9. The van der Waals surface area contributed by atoms with E-state index in [9.17, 15) is 4.79 Å². The Kier molecular flexibility index (Phi) is 6.89. The standard InChI is InChI=1S/C28H36N2O5/c1-28(2)18-34-24-16-21(19-4-7-22(8-5-19)33-15-14-32-3)6-9-23(24)26(28)29-27(31)35-25-17-30-12-10-20(25)11-13-30/h4-9,16,20,25-26H,10-15,17-18H2,1-3H3,(H,29,31)/t25-,26?/m1/s1. The van der Waals surface area contributed by atoms with Gasteiger partial charge in [0.05, 0.1) is 19.3 Å². The molecule has 4 aliphatic heterocycles. The van der Waals surface area contributed by atoms with Crippen LogP contribution in [0.1, 0.15) is 38.3 Å². The van der Waals surface area contributed by atoms with Crippen molar-refractivity contribution in [1.82, 2.24) is 10.2 Å². The molecule has 2 aromatic carbocycles. The number of hydrogen-bond acceptors (Lipinski definition) is 6. The molecular formula is C28H36N2O5. The molecule has 7 nitrogen and oxygen atoms in total. The highest BCUT2D eigenvalue weighted by Crippen LogP contribution is 2.44. The second kappa shape index (κ2) is 10.1. The van der Waals surface area contributed by atoms with Crippen molar-refractivity contribution in [2.45, 2.75) is 38.8 Å². The van der Waals surface area contributed by atoms with Crippen LogP contribution in [0.5, 0.6) is 11.5 Å². The van der Waals surface area contributed by atoms with Gasteiger partial charge in [-0.1, -0.05) is 38.1 Å². The van der Waals surface area contributed by atoms with Crippen molar-refractivity contribution in [1.29, 1.82) is 0 Å². The minimum atomic E-state index is -0.331. The van der Waals surface area contributed by atoms with E-state index in [1.54, 1.807) is 7.11 Å². The lowest BCUT2D eigenvalue weighted by Crippen LogP contribution is -2.53. The van der Waals surface area contributed by atoms with Crippen molar-refractivity contribution in [2.75, 3.05) is 46.6 Å². The Hall–Kier alpha value is -2.77. The highest BCUT2D eigenvalue weighted by atomic mass is 16.6. The number of ether oxygens (including phenoxy) is 4. The summed E-state index contributed by atoms with van der Waals surface area (Å²) in [6, 6.07) is 14.0. The predicted octanol–water partition coefficient (Wildman–Crippen LogP) is 4.66. The number of nitrogens with one attached hydrogen (secondary N) is 1. The minimum absolute atomic E-state index is 0.0104. The van der Waals surface area contributed by atoms with Gasteiger partial charge in [-0.15, -0.1) is 0 Å². The van der Waals surface area contributed by atoms with Gasteiger partial charge < -0.3 is 24.3 Å². The third-order valence-electron chi connectivity index (χ3n) is 7.57. The Morgan fingerprint density at radius 2 is 1.83 bits per heavy atom. The number of nitrogens with zero attached hydrogens (tertiary/aromatic N) is 1. The van der Waals surface area contributed by atoms with E-state index in [4.69, 9.17) is 18.9 Å². The topological polar surface area (TPSA) is 69.3 Å². The first-order valence-electron chi connectivity index (χ1n) is 12.6. The molecule has 2 aromatic rings. The molecule has 2 bridgehead atoms. The Bertz CT molecular complexity index is 1030. The van der Waals surface area contributed by atoms with Crippen molar-refractivity contribution < 1.29 is 23.7 Å². The van der Waals surface area contributed by atoms with E-state index in [1.165, 1.54) is 0 Å². The molecule has 4 heterocycles. The van der Waals surface area contributed by atoms with Crippen molar-refractivity contribution >= 4 is 6.09 Å². The maximum absolute atomic E-state index is 13.0. The molecule has 3 fully saturated rings. The molecule has 0 saturated carbocycles. The number of benzene rings is 2. The van der Waals surface area contributed by atoms with Gasteiger partial charge >= 0.3 is 6.09 Å². The number of alkyl carbamates (subject to hydrolysis) is 1. The summed E-state index contributed by atoms with van der Waals surface area (Å²) in [6.07, 6.45) is 1.89. The predicted molar refractivity (Wildman–Crippen MR) is 134 cm³/mol. The molecule has 3 saturated heterocycles. The first-order valence-corrected chi connectivity index (χ1v) is 12.6. The average Bonchev–Trinajstić information content (AvgIpc) is 2.87. The Morgan fingerprint density at radius 3 is 2.51 bits per heavy atom. The molecule has 0 aromatic heterocycles. The van der Waals surface area contributed by atoms with E-state index in [0.717, 1.165) is 60.7 Å². The highest BCUT2D eigenvalue weighted by Gasteiger charge is 2.41. The van der Waals surface area contributed by atoms with Crippen LogP contribution in [-0.4, -0.2) is 63.7 Å². The molecule has 188 valence electrons. The molecule has 1 unspecified atom stereocenters. The number of rotatable bonds is 7. The number of fused-ring (bicyclic) bond motifs is 4. The van der Waals surface area contributed by atoms with Crippen molar-refractivity contribution in [3.05, 3.63) is 48.0 Å². The van der Waals surface area contributed by atoms with Crippen molar-refractivity contribution in [2.24, 2.45) is 11.3 Å². The van der Waals surface area contributed by atoms with Crippen molar-refractivity contribution in [3.63, 3.8) is 0 Å². The average molecular weight is 481 g/mol. The van der Waals surface area contributed by atoms with Gasteiger partial charge in [0.25, 0.3) is 0 Å². The van der Waals surface area contributed by atoms with Gasteiger partial charge in [-0.2, -0.15) is 0 Å². The lowest BCUT2D eigenvalue weighted by Gasteiger charge is -2.44. The summed E-state index contributed by atoms with van der Waals surface area (Å²) < 4.78 is 22.8. The molecular weight excluding hydrogens is 444 g/mol.